The van der Waals surface area contributed by atoms with Gasteiger partial charge in [-0.15, -0.1) is 0 Å². The van der Waals surface area contributed by atoms with Crippen LogP contribution in [0.5, 0.6) is 11.5 Å². The van der Waals surface area contributed by atoms with E-state index < -0.39 is 0 Å². The van der Waals surface area contributed by atoms with Crippen LogP contribution in [0.1, 0.15) is 5.56 Å². The Labute approximate surface area is 165 Å². The molecule has 0 N–H and O–H groups in total. The van der Waals surface area contributed by atoms with Gasteiger partial charge in [0.25, 0.3) is 0 Å². The SMILES string of the molecule is COc1ccc2ccc(OC)c(C=Nc3ccc(N4CCOCC4)cc3)c2c1. The molecule has 144 valence electrons. The van der Waals surface area contributed by atoms with Crippen LogP contribution in [0.4, 0.5) is 11.4 Å². The highest BCUT2D eigenvalue weighted by atomic mass is 16.5. The molecule has 1 heterocycles. The summed E-state index contributed by atoms with van der Waals surface area (Å²) in [5.41, 5.74) is 3.05. The van der Waals surface area contributed by atoms with Gasteiger partial charge < -0.3 is 19.1 Å². The number of hydrogen-bond donors (Lipinski definition) is 0. The van der Waals surface area contributed by atoms with E-state index >= 15 is 0 Å². The van der Waals surface area contributed by atoms with E-state index in [4.69, 9.17) is 14.2 Å². The monoisotopic (exact) mass is 376 g/mol. The lowest BCUT2D eigenvalue weighted by atomic mass is 10.0. The number of nitrogens with zero attached hydrogens (tertiary/aromatic N) is 2. The lowest BCUT2D eigenvalue weighted by Gasteiger charge is -2.28. The van der Waals surface area contributed by atoms with Gasteiger partial charge >= 0.3 is 0 Å². The highest BCUT2D eigenvalue weighted by molar-refractivity contribution is 6.03. The average molecular weight is 376 g/mol. The third kappa shape index (κ3) is 3.80. The summed E-state index contributed by atoms with van der Waals surface area (Å²) in [5.74, 6) is 1.60. The van der Waals surface area contributed by atoms with Crippen LogP contribution in [0.15, 0.2) is 59.6 Å². The maximum Gasteiger partial charge on any atom is 0.128 e. The van der Waals surface area contributed by atoms with Gasteiger partial charge in [0, 0.05) is 30.6 Å². The molecule has 3 aromatic rings. The van der Waals surface area contributed by atoms with Crippen molar-refractivity contribution in [1.82, 2.24) is 0 Å². The molecule has 0 spiro atoms. The summed E-state index contributed by atoms with van der Waals surface area (Å²) in [5, 5.41) is 2.16. The number of rotatable bonds is 5. The Morgan fingerprint density at radius 3 is 2.39 bits per heavy atom. The molecule has 5 nitrogen and oxygen atoms in total. The molecule has 28 heavy (non-hydrogen) atoms. The Morgan fingerprint density at radius 1 is 0.929 bits per heavy atom. The summed E-state index contributed by atoms with van der Waals surface area (Å²) < 4.78 is 16.4. The van der Waals surface area contributed by atoms with Crippen LogP contribution in [-0.2, 0) is 4.74 Å². The quantitative estimate of drug-likeness (QED) is 0.617. The molecule has 0 unspecified atom stereocenters. The summed E-state index contributed by atoms with van der Waals surface area (Å²) in [6.45, 7) is 3.42. The van der Waals surface area contributed by atoms with Crippen molar-refractivity contribution >= 4 is 28.4 Å². The Morgan fingerprint density at radius 2 is 1.68 bits per heavy atom. The molecule has 1 saturated heterocycles. The molecule has 0 radical (unpaired) electrons. The normalized spacial score (nSPS) is 14.6. The highest BCUT2D eigenvalue weighted by Crippen LogP contribution is 2.30. The van der Waals surface area contributed by atoms with Crippen molar-refractivity contribution in [3.8, 4) is 11.5 Å². The Hall–Kier alpha value is -3.05. The van der Waals surface area contributed by atoms with Gasteiger partial charge in [-0.2, -0.15) is 0 Å². The van der Waals surface area contributed by atoms with Gasteiger partial charge in [-0.25, -0.2) is 0 Å². The fraction of sp³-hybridized carbons (Fsp3) is 0.261. The van der Waals surface area contributed by atoms with E-state index in [0.29, 0.717) is 0 Å². The van der Waals surface area contributed by atoms with Crippen LogP contribution in [0.3, 0.4) is 0 Å². The van der Waals surface area contributed by atoms with Crippen LogP contribution < -0.4 is 14.4 Å². The first-order chi connectivity index (χ1) is 13.8. The topological polar surface area (TPSA) is 43.3 Å². The van der Waals surface area contributed by atoms with E-state index in [9.17, 15) is 0 Å². The molecule has 4 rings (SSSR count). The molecular formula is C23H24N2O3. The Bertz CT molecular complexity index is 972. The summed E-state index contributed by atoms with van der Waals surface area (Å²) in [7, 11) is 3.35. The van der Waals surface area contributed by atoms with Crippen molar-refractivity contribution in [3.05, 3.63) is 60.2 Å². The zero-order chi connectivity index (χ0) is 19.3. The van der Waals surface area contributed by atoms with E-state index in [-0.39, 0.29) is 0 Å². The third-order valence-corrected chi connectivity index (χ3v) is 5.02. The smallest absolute Gasteiger partial charge is 0.128 e. The molecule has 3 aromatic carbocycles. The van der Waals surface area contributed by atoms with Crippen LogP contribution >= 0.6 is 0 Å². The standard InChI is InChI=1S/C23H24N2O3/c1-26-20-9-3-17-4-10-23(27-2)22(21(17)15-20)16-24-18-5-7-19(8-6-18)25-11-13-28-14-12-25/h3-10,15-16H,11-14H2,1-2H3. The number of hydrogen-bond acceptors (Lipinski definition) is 5. The molecular weight excluding hydrogens is 352 g/mol. The zero-order valence-electron chi connectivity index (χ0n) is 16.2. The van der Waals surface area contributed by atoms with Gasteiger partial charge in [-0.1, -0.05) is 12.1 Å². The second-order valence-corrected chi connectivity index (χ2v) is 6.64. The highest BCUT2D eigenvalue weighted by Gasteiger charge is 2.11. The Kier molecular flexibility index (Phi) is 5.44. The van der Waals surface area contributed by atoms with Gasteiger partial charge in [-0.3, -0.25) is 4.99 Å². The van der Waals surface area contributed by atoms with E-state index in [1.165, 1.54) is 5.69 Å². The van der Waals surface area contributed by atoms with Gasteiger partial charge in [0.2, 0.25) is 0 Å². The summed E-state index contributed by atoms with van der Waals surface area (Å²) in [6.07, 6.45) is 1.87. The number of fused-ring (bicyclic) bond motifs is 1. The van der Waals surface area contributed by atoms with E-state index in [0.717, 1.165) is 59.8 Å². The van der Waals surface area contributed by atoms with Gasteiger partial charge in [0.15, 0.2) is 0 Å². The van der Waals surface area contributed by atoms with Crippen molar-refractivity contribution in [2.24, 2.45) is 4.99 Å². The minimum Gasteiger partial charge on any atom is -0.497 e. The first-order valence-electron chi connectivity index (χ1n) is 9.40. The van der Waals surface area contributed by atoms with Crippen LogP contribution in [0.25, 0.3) is 10.8 Å². The van der Waals surface area contributed by atoms with Crippen molar-refractivity contribution in [2.75, 3.05) is 45.4 Å². The minimum atomic E-state index is 0.782. The van der Waals surface area contributed by atoms with Crippen LogP contribution in [0.2, 0.25) is 0 Å². The first kappa shape index (κ1) is 18.3. The van der Waals surface area contributed by atoms with Crippen LogP contribution in [-0.4, -0.2) is 46.7 Å². The van der Waals surface area contributed by atoms with Crippen LogP contribution in [0, 0.1) is 0 Å². The number of methoxy groups -OCH3 is 2. The average Bonchev–Trinajstić information content (AvgIpc) is 2.78. The molecule has 1 aliphatic rings. The molecule has 0 bridgehead atoms. The van der Waals surface area contributed by atoms with Gasteiger partial charge in [-0.05, 0) is 53.2 Å². The van der Waals surface area contributed by atoms with E-state index in [2.05, 4.69) is 22.0 Å². The van der Waals surface area contributed by atoms with E-state index in [1.54, 1.807) is 14.2 Å². The maximum atomic E-state index is 5.56. The van der Waals surface area contributed by atoms with Gasteiger partial charge in [0.05, 0.1) is 33.1 Å². The largest absolute Gasteiger partial charge is 0.497 e. The molecule has 1 fully saturated rings. The van der Waals surface area contributed by atoms with Crippen molar-refractivity contribution in [2.45, 2.75) is 0 Å². The fourth-order valence-corrected chi connectivity index (χ4v) is 3.45. The lowest BCUT2D eigenvalue weighted by molar-refractivity contribution is 0.122. The molecule has 0 aromatic heterocycles. The van der Waals surface area contributed by atoms with Crippen molar-refractivity contribution in [1.29, 1.82) is 0 Å². The molecule has 0 aliphatic carbocycles. The second kappa shape index (κ2) is 8.31. The van der Waals surface area contributed by atoms with E-state index in [1.807, 2.05) is 48.7 Å². The molecule has 0 amide bonds. The summed E-state index contributed by atoms with van der Waals surface area (Å²) in [4.78, 5) is 7.02. The maximum absolute atomic E-state index is 5.56. The zero-order valence-corrected chi connectivity index (χ0v) is 16.2. The number of ether oxygens (including phenoxy) is 3. The second-order valence-electron chi connectivity index (χ2n) is 6.64. The first-order valence-corrected chi connectivity index (χ1v) is 9.40. The molecule has 0 saturated carbocycles. The minimum absolute atomic E-state index is 0.782. The lowest BCUT2D eigenvalue weighted by Crippen LogP contribution is -2.36. The fourth-order valence-electron chi connectivity index (χ4n) is 3.45. The number of anilines is 1. The number of morpholine rings is 1. The summed E-state index contributed by atoms with van der Waals surface area (Å²) in [6, 6.07) is 18.3. The molecule has 1 aliphatic heterocycles. The predicted molar refractivity (Wildman–Crippen MR) is 114 cm³/mol. The van der Waals surface area contributed by atoms with Crippen molar-refractivity contribution < 1.29 is 14.2 Å². The number of benzene rings is 3. The van der Waals surface area contributed by atoms with Gasteiger partial charge in [0.1, 0.15) is 11.5 Å². The molecule has 0 atom stereocenters. The third-order valence-electron chi connectivity index (χ3n) is 5.02. The van der Waals surface area contributed by atoms with Crippen molar-refractivity contribution in [3.63, 3.8) is 0 Å². The number of aliphatic imine (C=N–C) groups is 1. The summed E-state index contributed by atoms with van der Waals surface area (Å²) >= 11 is 0. The predicted octanol–water partition coefficient (Wildman–Crippen LogP) is 4.44. The Balaban J connectivity index is 1.64. The molecule has 5 heteroatoms.